The molecule has 1 aromatic heterocycles. The number of rotatable bonds is 4. The molecule has 1 amide bonds. The SMILES string of the molecule is CCCc1c(Cl)ncnc1N1CCCC(C(=O)NC)C1. The number of nitrogens with zero attached hydrogens (tertiary/aromatic N) is 3. The molecule has 6 heteroatoms. The molecule has 1 atom stereocenters. The van der Waals surface area contributed by atoms with Gasteiger partial charge in [0.15, 0.2) is 0 Å². The summed E-state index contributed by atoms with van der Waals surface area (Å²) in [5.41, 5.74) is 0.995. The number of nitrogens with one attached hydrogen (secondary N) is 1. The van der Waals surface area contributed by atoms with E-state index in [9.17, 15) is 4.79 Å². The fourth-order valence-corrected chi connectivity index (χ4v) is 2.93. The van der Waals surface area contributed by atoms with Gasteiger partial charge in [-0.3, -0.25) is 4.79 Å². The lowest BCUT2D eigenvalue weighted by atomic mass is 9.96. The van der Waals surface area contributed by atoms with Crippen molar-refractivity contribution in [1.82, 2.24) is 15.3 Å². The Morgan fingerprint density at radius 3 is 3.05 bits per heavy atom. The molecule has 0 aliphatic carbocycles. The van der Waals surface area contributed by atoms with Gasteiger partial charge in [0.2, 0.25) is 5.91 Å². The molecular formula is C14H21ClN4O. The molecule has 1 saturated heterocycles. The van der Waals surface area contributed by atoms with Gasteiger partial charge in [0.05, 0.1) is 5.92 Å². The first kappa shape index (κ1) is 15.0. The molecule has 1 fully saturated rings. The van der Waals surface area contributed by atoms with Gasteiger partial charge in [-0.15, -0.1) is 0 Å². The highest BCUT2D eigenvalue weighted by Gasteiger charge is 2.27. The number of aromatic nitrogens is 2. The minimum atomic E-state index is 0.0250. The molecule has 110 valence electrons. The molecule has 0 saturated carbocycles. The Bertz CT molecular complexity index is 480. The van der Waals surface area contributed by atoms with E-state index in [1.807, 2.05) is 0 Å². The monoisotopic (exact) mass is 296 g/mol. The predicted molar refractivity (Wildman–Crippen MR) is 80.0 cm³/mol. The zero-order valence-corrected chi connectivity index (χ0v) is 12.8. The van der Waals surface area contributed by atoms with Gasteiger partial charge in [-0.05, 0) is 19.3 Å². The van der Waals surface area contributed by atoms with Gasteiger partial charge in [-0.1, -0.05) is 24.9 Å². The number of anilines is 1. The highest BCUT2D eigenvalue weighted by Crippen LogP contribution is 2.28. The van der Waals surface area contributed by atoms with Crippen molar-refractivity contribution >= 4 is 23.3 Å². The number of halogens is 1. The fraction of sp³-hybridized carbons (Fsp3) is 0.643. The largest absolute Gasteiger partial charge is 0.359 e. The number of carbonyl (C=O) groups excluding carboxylic acids is 1. The minimum absolute atomic E-state index is 0.0250. The Hall–Kier alpha value is -1.36. The first-order chi connectivity index (χ1) is 9.67. The summed E-state index contributed by atoms with van der Waals surface area (Å²) < 4.78 is 0. The van der Waals surface area contributed by atoms with Crippen LogP contribution < -0.4 is 10.2 Å². The third-order valence-corrected chi connectivity index (χ3v) is 4.03. The maximum absolute atomic E-state index is 11.8. The number of amides is 1. The average molecular weight is 297 g/mol. The van der Waals surface area contributed by atoms with Gasteiger partial charge in [0, 0.05) is 25.7 Å². The van der Waals surface area contributed by atoms with Crippen molar-refractivity contribution in [3.8, 4) is 0 Å². The van der Waals surface area contributed by atoms with Crippen LogP contribution in [0.1, 0.15) is 31.7 Å². The van der Waals surface area contributed by atoms with Crippen molar-refractivity contribution in [2.24, 2.45) is 5.92 Å². The predicted octanol–water partition coefficient (Wildman–Crippen LogP) is 2.04. The van der Waals surface area contributed by atoms with Gasteiger partial charge in [0.25, 0.3) is 0 Å². The van der Waals surface area contributed by atoms with Crippen molar-refractivity contribution in [3.63, 3.8) is 0 Å². The number of hydrogen-bond acceptors (Lipinski definition) is 4. The van der Waals surface area contributed by atoms with Crippen LogP contribution in [-0.4, -0.2) is 36.0 Å². The summed E-state index contributed by atoms with van der Waals surface area (Å²) in [6.45, 7) is 3.72. The van der Waals surface area contributed by atoms with Gasteiger partial charge < -0.3 is 10.2 Å². The highest BCUT2D eigenvalue weighted by molar-refractivity contribution is 6.30. The molecule has 0 bridgehead atoms. The van der Waals surface area contributed by atoms with E-state index in [-0.39, 0.29) is 11.8 Å². The molecule has 0 spiro atoms. The molecule has 1 aliphatic heterocycles. The Kier molecular flexibility index (Phi) is 5.17. The number of carbonyl (C=O) groups is 1. The van der Waals surface area contributed by atoms with Crippen molar-refractivity contribution in [1.29, 1.82) is 0 Å². The van der Waals surface area contributed by atoms with Crippen LogP contribution in [-0.2, 0) is 11.2 Å². The van der Waals surface area contributed by atoms with Crippen LogP contribution in [0.3, 0.4) is 0 Å². The second kappa shape index (κ2) is 6.88. The van der Waals surface area contributed by atoms with E-state index in [1.165, 1.54) is 6.33 Å². The second-order valence-corrected chi connectivity index (χ2v) is 5.47. The average Bonchev–Trinajstić information content (AvgIpc) is 2.49. The van der Waals surface area contributed by atoms with E-state index in [1.54, 1.807) is 7.05 Å². The van der Waals surface area contributed by atoms with E-state index >= 15 is 0 Å². The summed E-state index contributed by atoms with van der Waals surface area (Å²) in [5.74, 6) is 1.02. The van der Waals surface area contributed by atoms with Crippen molar-refractivity contribution in [2.75, 3.05) is 25.0 Å². The normalized spacial score (nSPS) is 18.9. The topological polar surface area (TPSA) is 58.1 Å². The lowest BCUT2D eigenvalue weighted by molar-refractivity contribution is -0.124. The van der Waals surface area contributed by atoms with Crippen LogP contribution in [0.2, 0.25) is 5.15 Å². The zero-order valence-electron chi connectivity index (χ0n) is 12.0. The van der Waals surface area contributed by atoms with E-state index in [4.69, 9.17) is 11.6 Å². The molecule has 2 heterocycles. The lowest BCUT2D eigenvalue weighted by Gasteiger charge is -2.33. The summed E-state index contributed by atoms with van der Waals surface area (Å²) in [6.07, 6.45) is 5.27. The highest BCUT2D eigenvalue weighted by atomic mass is 35.5. The molecular weight excluding hydrogens is 276 g/mol. The third-order valence-electron chi connectivity index (χ3n) is 3.71. The molecule has 0 aromatic carbocycles. The van der Waals surface area contributed by atoms with Gasteiger partial charge in [-0.2, -0.15) is 0 Å². The first-order valence-electron chi connectivity index (χ1n) is 7.13. The van der Waals surface area contributed by atoms with Crippen LogP contribution >= 0.6 is 11.6 Å². The summed E-state index contributed by atoms with van der Waals surface area (Å²) in [7, 11) is 1.69. The van der Waals surface area contributed by atoms with Gasteiger partial charge in [-0.25, -0.2) is 9.97 Å². The fourth-order valence-electron chi connectivity index (χ4n) is 2.71. The van der Waals surface area contributed by atoms with Crippen LogP contribution in [0.5, 0.6) is 0 Å². The molecule has 1 aromatic rings. The van der Waals surface area contributed by atoms with E-state index in [2.05, 4.69) is 27.1 Å². The van der Waals surface area contributed by atoms with E-state index in [0.29, 0.717) is 11.7 Å². The molecule has 20 heavy (non-hydrogen) atoms. The first-order valence-corrected chi connectivity index (χ1v) is 7.51. The number of hydrogen-bond donors (Lipinski definition) is 1. The van der Waals surface area contributed by atoms with E-state index in [0.717, 1.165) is 43.6 Å². The van der Waals surface area contributed by atoms with Gasteiger partial charge >= 0.3 is 0 Å². The van der Waals surface area contributed by atoms with E-state index < -0.39 is 0 Å². The molecule has 1 aliphatic rings. The van der Waals surface area contributed by atoms with Crippen molar-refractivity contribution in [2.45, 2.75) is 32.6 Å². The summed E-state index contributed by atoms with van der Waals surface area (Å²) >= 11 is 6.20. The Balaban J connectivity index is 2.22. The third kappa shape index (κ3) is 3.20. The molecule has 1 N–H and O–H groups in total. The van der Waals surface area contributed by atoms with Crippen LogP contribution in [0, 0.1) is 5.92 Å². The van der Waals surface area contributed by atoms with Crippen LogP contribution in [0.4, 0.5) is 5.82 Å². The summed E-state index contributed by atoms with van der Waals surface area (Å²) in [6, 6.07) is 0. The number of piperidine rings is 1. The smallest absolute Gasteiger partial charge is 0.224 e. The van der Waals surface area contributed by atoms with Crippen LogP contribution in [0.15, 0.2) is 6.33 Å². The van der Waals surface area contributed by atoms with Gasteiger partial charge in [0.1, 0.15) is 17.3 Å². The van der Waals surface area contributed by atoms with Crippen molar-refractivity contribution < 1.29 is 4.79 Å². The Morgan fingerprint density at radius 1 is 1.55 bits per heavy atom. The molecule has 1 unspecified atom stereocenters. The summed E-state index contributed by atoms with van der Waals surface area (Å²) in [5, 5.41) is 3.26. The molecule has 5 nitrogen and oxygen atoms in total. The molecule has 0 radical (unpaired) electrons. The zero-order chi connectivity index (χ0) is 14.5. The summed E-state index contributed by atoms with van der Waals surface area (Å²) in [4.78, 5) is 22.5. The maximum Gasteiger partial charge on any atom is 0.224 e. The minimum Gasteiger partial charge on any atom is -0.359 e. The quantitative estimate of drug-likeness (QED) is 0.864. The standard InChI is InChI=1S/C14H21ClN4O/c1-3-5-11-12(15)17-9-18-13(11)19-7-4-6-10(8-19)14(20)16-2/h9-10H,3-8H2,1-2H3,(H,16,20). The Labute approximate surface area is 124 Å². The lowest BCUT2D eigenvalue weighted by Crippen LogP contribution is -2.42. The molecule has 2 rings (SSSR count). The maximum atomic E-state index is 11.8. The van der Waals surface area contributed by atoms with Crippen molar-refractivity contribution in [3.05, 3.63) is 17.0 Å². The second-order valence-electron chi connectivity index (χ2n) is 5.12. The van der Waals surface area contributed by atoms with Crippen LogP contribution in [0.25, 0.3) is 0 Å². The Morgan fingerprint density at radius 2 is 2.35 bits per heavy atom.